The number of hydrogen-bond donors (Lipinski definition) is 2. The first-order chi connectivity index (χ1) is 21.0. The van der Waals surface area contributed by atoms with Gasteiger partial charge in [0.2, 0.25) is 5.91 Å². The number of benzene rings is 2. The van der Waals surface area contributed by atoms with Crippen LogP contribution in [-0.2, 0) is 11.3 Å². The number of nitrogens with zero attached hydrogens (tertiary/aromatic N) is 2. The molecule has 2 saturated carbocycles. The van der Waals surface area contributed by atoms with Crippen molar-refractivity contribution in [3.8, 4) is 11.1 Å². The fourth-order valence-electron chi connectivity index (χ4n) is 7.19. The Kier molecular flexibility index (Phi) is 9.79. The van der Waals surface area contributed by atoms with Gasteiger partial charge in [-0.05, 0) is 97.7 Å². The van der Waals surface area contributed by atoms with Crippen LogP contribution in [0.25, 0.3) is 11.1 Å². The van der Waals surface area contributed by atoms with Crippen LogP contribution in [0, 0.1) is 5.92 Å². The lowest BCUT2D eigenvalue weighted by atomic mass is 9.90. The van der Waals surface area contributed by atoms with Gasteiger partial charge in [-0.2, -0.15) is 0 Å². The smallest absolute Gasteiger partial charge is 0.264 e. The Morgan fingerprint density at radius 3 is 2.30 bits per heavy atom. The van der Waals surface area contributed by atoms with Crippen molar-refractivity contribution in [1.82, 2.24) is 4.90 Å². The third kappa shape index (κ3) is 7.32. The molecule has 2 aromatic carbocycles. The fraction of sp³-hybridized carbons (Fsp3) is 0.500. The maximum atomic E-state index is 13.7. The largest absolute Gasteiger partial charge is 0.370 e. The van der Waals surface area contributed by atoms with Crippen LogP contribution in [0.2, 0.25) is 0 Å². The van der Waals surface area contributed by atoms with Gasteiger partial charge in [0, 0.05) is 37.6 Å². The van der Waals surface area contributed by atoms with Gasteiger partial charge in [0.1, 0.15) is 0 Å². The van der Waals surface area contributed by atoms with Gasteiger partial charge < -0.3 is 20.9 Å². The lowest BCUT2D eigenvalue weighted by molar-refractivity contribution is -0.119. The summed E-state index contributed by atoms with van der Waals surface area (Å²) in [5.74, 6) is 0.388. The third-order valence-electron chi connectivity index (χ3n) is 9.72. The summed E-state index contributed by atoms with van der Waals surface area (Å²) in [7, 11) is 0. The average molecular weight is 599 g/mol. The average Bonchev–Trinajstić information content (AvgIpc) is 3.72. The summed E-state index contributed by atoms with van der Waals surface area (Å²) < 4.78 is 0. The van der Waals surface area contributed by atoms with Gasteiger partial charge in [0.25, 0.3) is 5.91 Å². The summed E-state index contributed by atoms with van der Waals surface area (Å²) in [6, 6.07) is 19.5. The predicted octanol–water partition coefficient (Wildman–Crippen LogP) is 7.84. The quantitative estimate of drug-likeness (QED) is 0.277. The number of nitrogens with two attached hydrogens (primary N) is 1. The Morgan fingerprint density at radius 1 is 0.837 bits per heavy atom. The summed E-state index contributed by atoms with van der Waals surface area (Å²) in [5, 5.41) is 5.34. The van der Waals surface area contributed by atoms with Gasteiger partial charge in [-0.25, -0.2) is 0 Å². The van der Waals surface area contributed by atoms with E-state index in [-0.39, 0.29) is 29.8 Å². The first kappa shape index (κ1) is 29.9. The lowest BCUT2D eigenvalue weighted by Gasteiger charge is -2.36. The molecule has 0 radical (unpaired) electrons. The molecule has 3 N–H and O–H groups in total. The molecule has 3 fully saturated rings. The molecule has 0 atom stereocenters. The molecule has 7 heteroatoms. The van der Waals surface area contributed by atoms with E-state index in [4.69, 9.17) is 5.73 Å². The van der Waals surface area contributed by atoms with Crippen LogP contribution in [0.3, 0.4) is 0 Å². The molecule has 1 saturated heterocycles. The van der Waals surface area contributed by atoms with Crippen LogP contribution >= 0.6 is 11.3 Å². The lowest BCUT2D eigenvalue weighted by Crippen LogP contribution is -2.43. The maximum Gasteiger partial charge on any atom is 0.264 e. The minimum atomic E-state index is 0.111. The topological polar surface area (TPSA) is 78.7 Å². The van der Waals surface area contributed by atoms with Crippen LogP contribution in [-0.4, -0.2) is 41.9 Å². The fourth-order valence-corrected chi connectivity index (χ4v) is 7.87. The van der Waals surface area contributed by atoms with Crippen molar-refractivity contribution >= 4 is 34.5 Å². The van der Waals surface area contributed by atoms with Crippen LogP contribution in [0.4, 0.5) is 11.4 Å². The molecule has 228 valence electrons. The van der Waals surface area contributed by atoms with Gasteiger partial charge in [-0.3, -0.25) is 9.59 Å². The SMILES string of the molecule is NC1CCC(N(Cc2cccc(-c3ccc(N4CCCCCC4)c(NC(=O)C4CCCC4)c3)c2)C(=O)c2cccs2)CC1. The standard InChI is InChI=1S/C36H46N4O2S/c37-30-15-17-31(18-16-30)40(36(42)34-13-8-22-43-34)25-26-9-7-12-28(23-26)29-14-19-33(39-20-5-1-2-6-21-39)32(24-29)38-35(41)27-10-3-4-11-27/h7-9,12-14,19,22-24,27,30-31H,1-6,10-11,15-18,20-21,25,37H2,(H,38,41). The predicted molar refractivity (Wildman–Crippen MR) is 178 cm³/mol. The van der Waals surface area contributed by atoms with E-state index in [2.05, 4.69) is 57.6 Å². The summed E-state index contributed by atoms with van der Waals surface area (Å²) in [4.78, 5) is 32.3. The van der Waals surface area contributed by atoms with E-state index in [1.54, 1.807) is 0 Å². The molecule has 43 heavy (non-hydrogen) atoms. The number of carbonyl (C=O) groups is 2. The van der Waals surface area contributed by atoms with Gasteiger partial charge in [0.15, 0.2) is 0 Å². The molecule has 0 bridgehead atoms. The highest BCUT2D eigenvalue weighted by Crippen LogP contribution is 2.35. The minimum Gasteiger partial charge on any atom is -0.370 e. The van der Waals surface area contributed by atoms with Crippen LogP contribution in [0.15, 0.2) is 60.0 Å². The normalized spacial score (nSPS) is 21.4. The Balaban J connectivity index is 1.27. The Bertz CT molecular complexity index is 1370. The van der Waals surface area contributed by atoms with Crippen LogP contribution in [0.5, 0.6) is 0 Å². The number of anilines is 2. The van der Waals surface area contributed by atoms with Gasteiger partial charge in [-0.1, -0.05) is 56.0 Å². The van der Waals surface area contributed by atoms with Gasteiger partial charge in [-0.15, -0.1) is 11.3 Å². The second-order valence-corrected chi connectivity index (χ2v) is 13.7. The van der Waals surface area contributed by atoms with Crippen molar-refractivity contribution in [3.63, 3.8) is 0 Å². The molecule has 3 aliphatic rings. The summed E-state index contributed by atoms with van der Waals surface area (Å²) >= 11 is 1.51. The van der Waals surface area contributed by atoms with Crippen molar-refractivity contribution in [3.05, 3.63) is 70.4 Å². The van der Waals surface area contributed by atoms with Gasteiger partial charge >= 0.3 is 0 Å². The molecule has 2 amide bonds. The van der Waals surface area contributed by atoms with E-state index in [1.807, 2.05) is 17.5 Å². The number of rotatable bonds is 8. The van der Waals surface area contributed by atoms with E-state index < -0.39 is 0 Å². The Labute approximate surface area is 260 Å². The highest BCUT2D eigenvalue weighted by molar-refractivity contribution is 7.12. The van der Waals surface area contributed by atoms with Crippen molar-refractivity contribution in [2.24, 2.45) is 11.7 Å². The highest BCUT2D eigenvalue weighted by Gasteiger charge is 2.29. The first-order valence-corrected chi connectivity index (χ1v) is 17.3. The molecule has 3 aromatic rings. The first-order valence-electron chi connectivity index (χ1n) is 16.4. The monoisotopic (exact) mass is 598 g/mol. The van der Waals surface area contributed by atoms with Crippen molar-refractivity contribution < 1.29 is 9.59 Å². The van der Waals surface area contributed by atoms with Crippen molar-refractivity contribution in [2.75, 3.05) is 23.3 Å². The maximum absolute atomic E-state index is 13.7. The summed E-state index contributed by atoms with van der Waals surface area (Å²) in [6.07, 6.45) is 13.0. The Hall–Kier alpha value is -3.16. The van der Waals surface area contributed by atoms with Crippen molar-refractivity contribution in [1.29, 1.82) is 0 Å². The molecule has 6 rings (SSSR count). The van der Waals surface area contributed by atoms with E-state index in [9.17, 15) is 9.59 Å². The number of nitrogens with one attached hydrogen (secondary N) is 1. The zero-order valence-electron chi connectivity index (χ0n) is 25.3. The van der Waals surface area contributed by atoms with E-state index in [0.29, 0.717) is 6.54 Å². The zero-order valence-corrected chi connectivity index (χ0v) is 26.1. The molecule has 6 nitrogen and oxygen atoms in total. The van der Waals surface area contributed by atoms with Crippen molar-refractivity contribution in [2.45, 2.75) is 95.7 Å². The second-order valence-electron chi connectivity index (χ2n) is 12.8. The molecular weight excluding hydrogens is 552 g/mol. The number of amides is 2. The Morgan fingerprint density at radius 2 is 1.58 bits per heavy atom. The number of hydrogen-bond acceptors (Lipinski definition) is 5. The minimum absolute atomic E-state index is 0.111. The molecule has 0 spiro atoms. The molecule has 0 unspecified atom stereocenters. The van der Waals surface area contributed by atoms with Crippen LogP contribution < -0.4 is 16.0 Å². The van der Waals surface area contributed by atoms with Crippen LogP contribution in [0.1, 0.15) is 92.3 Å². The molecule has 2 aliphatic carbocycles. The molecule has 1 aromatic heterocycles. The summed E-state index contributed by atoms with van der Waals surface area (Å²) in [5.41, 5.74) is 11.6. The third-order valence-corrected chi connectivity index (χ3v) is 10.6. The second kappa shape index (κ2) is 14.1. The van der Waals surface area contributed by atoms with E-state index in [1.165, 1.54) is 37.0 Å². The highest BCUT2D eigenvalue weighted by atomic mass is 32.1. The summed E-state index contributed by atoms with van der Waals surface area (Å²) in [6.45, 7) is 2.63. The zero-order chi connectivity index (χ0) is 29.6. The van der Waals surface area contributed by atoms with E-state index >= 15 is 0 Å². The number of carbonyl (C=O) groups excluding carboxylic acids is 2. The van der Waals surface area contributed by atoms with E-state index in [0.717, 1.165) is 97.4 Å². The molecule has 1 aliphatic heterocycles. The van der Waals surface area contributed by atoms with Gasteiger partial charge in [0.05, 0.1) is 16.3 Å². The molecular formula is C36H46N4O2S. The molecule has 2 heterocycles. The number of thiophene rings is 1.